The van der Waals surface area contributed by atoms with Crippen LogP contribution in [0.15, 0.2) is 41.6 Å². The number of para-hydroxylation sites is 1. The Morgan fingerprint density at radius 2 is 1.71 bits per heavy atom. The summed E-state index contributed by atoms with van der Waals surface area (Å²) in [4.78, 5) is 21.9. The Balaban J connectivity index is 2.58. The van der Waals surface area contributed by atoms with Gasteiger partial charge in [-0.1, -0.05) is 18.2 Å². The molecule has 0 unspecified atom stereocenters. The number of carboxylic acid groups (broad SMARTS) is 2. The number of hydrogen-bond donors (Lipinski definition) is 3. The third-order valence-corrected chi connectivity index (χ3v) is 2.32. The maximum atomic E-state index is 11.0. The largest absolute Gasteiger partial charge is 0.478 e. The summed E-state index contributed by atoms with van der Waals surface area (Å²) in [5.74, 6) is -2.36. The SMILES string of the molecule is O=C(O)C1=Cc2ccccc2NC(C(=O)O)=C1. The zero-order chi connectivity index (χ0) is 12.4. The molecule has 1 aliphatic rings. The van der Waals surface area contributed by atoms with Gasteiger partial charge in [0.2, 0.25) is 0 Å². The van der Waals surface area contributed by atoms with Crippen molar-refractivity contribution in [3.8, 4) is 0 Å². The lowest BCUT2D eigenvalue weighted by atomic mass is 10.1. The third kappa shape index (κ3) is 2.17. The fraction of sp³-hybridized carbons (Fsp3) is 0. The number of benzene rings is 1. The zero-order valence-corrected chi connectivity index (χ0v) is 8.68. The van der Waals surface area contributed by atoms with E-state index in [2.05, 4.69) is 5.32 Å². The molecule has 0 aromatic heterocycles. The molecule has 2 rings (SSSR count). The van der Waals surface area contributed by atoms with Gasteiger partial charge in [-0.05, 0) is 23.8 Å². The summed E-state index contributed by atoms with van der Waals surface area (Å²) < 4.78 is 0. The van der Waals surface area contributed by atoms with Gasteiger partial charge in [0.25, 0.3) is 0 Å². The summed E-state index contributed by atoms with van der Waals surface area (Å²) >= 11 is 0. The van der Waals surface area contributed by atoms with Crippen molar-refractivity contribution in [3.05, 3.63) is 47.2 Å². The molecule has 0 amide bonds. The fourth-order valence-corrected chi connectivity index (χ4v) is 1.52. The van der Waals surface area contributed by atoms with E-state index in [-0.39, 0.29) is 11.3 Å². The predicted octanol–water partition coefficient (Wildman–Crippen LogP) is 1.55. The smallest absolute Gasteiger partial charge is 0.352 e. The summed E-state index contributed by atoms with van der Waals surface area (Å²) in [6, 6.07) is 6.89. The summed E-state index contributed by atoms with van der Waals surface area (Å²) in [6.45, 7) is 0. The Hall–Kier alpha value is -2.56. The van der Waals surface area contributed by atoms with E-state index in [1.165, 1.54) is 6.08 Å². The van der Waals surface area contributed by atoms with Crippen molar-refractivity contribution in [1.82, 2.24) is 0 Å². The molecule has 86 valence electrons. The Bertz CT molecular complexity index is 557. The molecule has 0 spiro atoms. The molecule has 1 aromatic carbocycles. The lowest BCUT2D eigenvalue weighted by Crippen LogP contribution is -2.11. The second-order valence-electron chi connectivity index (χ2n) is 3.48. The summed E-state index contributed by atoms with van der Waals surface area (Å²) in [5, 5.41) is 20.6. The average molecular weight is 231 g/mol. The van der Waals surface area contributed by atoms with Gasteiger partial charge in [-0.2, -0.15) is 0 Å². The Labute approximate surface area is 96.7 Å². The van der Waals surface area contributed by atoms with Crippen LogP contribution in [-0.4, -0.2) is 22.2 Å². The summed E-state index contributed by atoms with van der Waals surface area (Å²) in [5.41, 5.74) is 0.971. The number of hydrogen-bond acceptors (Lipinski definition) is 3. The monoisotopic (exact) mass is 231 g/mol. The number of nitrogens with one attached hydrogen (secondary N) is 1. The van der Waals surface area contributed by atoms with Crippen molar-refractivity contribution < 1.29 is 19.8 Å². The molecule has 1 aromatic rings. The molecule has 0 atom stereocenters. The van der Waals surface area contributed by atoms with Crippen molar-refractivity contribution in [3.63, 3.8) is 0 Å². The van der Waals surface area contributed by atoms with Crippen LogP contribution < -0.4 is 5.32 Å². The quantitative estimate of drug-likeness (QED) is 0.718. The molecule has 0 saturated carbocycles. The van der Waals surface area contributed by atoms with Crippen LogP contribution >= 0.6 is 0 Å². The second kappa shape index (κ2) is 4.13. The van der Waals surface area contributed by atoms with Crippen molar-refractivity contribution in [1.29, 1.82) is 0 Å². The number of anilines is 1. The van der Waals surface area contributed by atoms with E-state index >= 15 is 0 Å². The maximum Gasteiger partial charge on any atom is 0.352 e. The molecule has 0 radical (unpaired) electrons. The highest BCUT2D eigenvalue weighted by Crippen LogP contribution is 2.24. The molecule has 1 aliphatic heterocycles. The normalized spacial score (nSPS) is 13.6. The second-order valence-corrected chi connectivity index (χ2v) is 3.48. The van der Waals surface area contributed by atoms with Crippen LogP contribution in [-0.2, 0) is 9.59 Å². The standard InChI is InChI=1S/C12H9NO4/c14-11(15)8-5-7-3-1-2-4-9(7)13-10(6-8)12(16)17/h1-6,13H,(H,14,15)(H,16,17). The average Bonchev–Trinajstić information content (AvgIpc) is 2.47. The van der Waals surface area contributed by atoms with Crippen molar-refractivity contribution >= 4 is 23.7 Å². The zero-order valence-electron chi connectivity index (χ0n) is 8.68. The Morgan fingerprint density at radius 1 is 1.00 bits per heavy atom. The highest BCUT2D eigenvalue weighted by molar-refractivity contribution is 6.02. The lowest BCUT2D eigenvalue weighted by molar-refractivity contribution is -0.132. The minimum absolute atomic E-state index is 0.0696. The van der Waals surface area contributed by atoms with E-state index in [9.17, 15) is 9.59 Å². The van der Waals surface area contributed by atoms with Crippen LogP contribution in [0.4, 0.5) is 5.69 Å². The van der Waals surface area contributed by atoms with Crippen LogP contribution in [0.25, 0.3) is 6.08 Å². The van der Waals surface area contributed by atoms with Gasteiger partial charge in [0.1, 0.15) is 5.70 Å². The molecular formula is C12H9NO4. The first-order chi connectivity index (χ1) is 8.08. The van der Waals surface area contributed by atoms with Gasteiger partial charge < -0.3 is 15.5 Å². The molecule has 1 heterocycles. The van der Waals surface area contributed by atoms with Gasteiger partial charge in [-0.25, -0.2) is 9.59 Å². The van der Waals surface area contributed by atoms with Crippen molar-refractivity contribution in [2.45, 2.75) is 0 Å². The van der Waals surface area contributed by atoms with Crippen LogP contribution in [0, 0.1) is 0 Å². The van der Waals surface area contributed by atoms with Gasteiger partial charge in [0, 0.05) is 5.69 Å². The van der Waals surface area contributed by atoms with Gasteiger partial charge >= 0.3 is 11.9 Å². The fourth-order valence-electron chi connectivity index (χ4n) is 1.52. The van der Waals surface area contributed by atoms with Crippen molar-refractivity contribution in [2.24, 2.45) is 0 Å². The van der Waals surface area contributed by atoms with E-state index in [1.807, 2.05) is 0 Å². The van der Waals surface area contributed by atoms with E-state index in [4.69, 9.17) is 10.2 Å². The number of carbonyl (C=O) groups is 2. The molecule has 5 heteroatoms. The highest BCUT2D eigenvalue weighted by atomic mass is 16.4. The maximum absolute atomic E-state index is 11.0. The molecule has 0 aliphatic carbocycles. The summed E-state index contributed by atoms with van der Waals surface area (Å²) in [6.07, 6.45) is 2.53. The number of carboxylic acids is 2. The number of aliphatic carboxylic acids is 2. The van der Waals surface area contributed by atoms with Crippen molar-refractivity contribution in [2.75, 3.05) is 5.32 Å². The van der Waals surface area contributed by atoms with Gasteiger partial charge in [0.15, 0.2) is 0 Å². The van der Waals surface area contributed by atoms with E-state index in [0.717, 1.165) is 6.08 Å². The molecular weight excluding hydrogens is 222 g/mol. The van der Waals surface area contributed by atoms with Gasteiger partial charge in [-0.3, -0.25) is 0 Å². The molecule has 3 N–H and O–H groups in total. The predicted molar refractivity (Wildman–Crippen MR) is 61.4 cm³/mol. The first kappa shape index (κ1) is 10.9. The lowest BCUT2D eigenvalue weighted by Gasteiger charge is -2.07. The third-order valence-electron chi connectivity index (χ3n) is 2.32. The van der Waals surface area contributed by atoms with Gasteiger partial charge in [0.05, 0.1) is 5.57 Å². The summed E-state index contributed by atoms with van der Waals surface area (Å²) in [7, 11) is 0. The molecule has 0 saturated heterocycles. The van der Waals surface area contributed by atoms with Crippen LogP contribution in [0.3, 0.4) is 0 Å². The first-order valence-electron chi connectivity index (χ1n) is 4.84. The van der Waals surface area contributed by atoms with Crippen LogP contribution in [0.2, 0.25) is 0 Å². The molecule has 0 bridgehead atoms. The number of fused-ring (bicyclic) bond motifs is 1. The Morgan fingerprint density at radius 3 is 2.35 bits per heavy atom. The van der Waals surface area contributed by atoms with Gasteiger partial charge in [-0.15, -0.1) is 0 Å². The topological polar surface area (TPSA) is 86.6 Å². The molecule has 0 fully saturated rings. The minimum Gasteiger partial charge on any atom is -0.478 e. The minimum atomic E-state index is -1.20. The van der Waals surface area contributed by atoms with E-state index in [0.29, 0.717) is 11.3 Å². The van der Waals surface area contributed by atoms with E-state index < -0.39 is 11.9 Å². The Kier molecular flexibility index (Phi) is 2.66. The molecule has 5 nitrogen and oxygen atoms in total. The molecule has 17 heavy (non-hydrogen) atoms. The first-order valence-corrected chi connectivity index (χ1v) is 4.84. The van der Waals surface area contributed by atoms with Crippen LogP contribution in [0.1, 0.15) is 5.56 Å². The van der Waals surface area contributed by atoms with Crippen LogP contribution in [0.5, 0.6) is 0 Å². The van der Waals surface area contributed by atoms with E-state index in [1.54, 1.807) is 24.3 Å². The highest BCUT2D eigenvalue weighted by Gasteiger charge is 2.17. The number of rotatable bonds is 2.